The number of rotatable bonds is 4. The number of hydrogen-bond donors (Lipinski definition) is 2. The van der Waals surface area contributed by atoms with E-state index in [1.54, 1.807) is 6.20 Å². The number of aliphatic carboxylic acids is 1. The molecule has 0 saturated heterocycles. The summed E-state index contributed by atoms with van der Waals surface area (Å²) >= 11 is 4.47. The van der Waals surface area contributed by atoms with E-state index in [2.05, 4.69) is 20.9 Å². The Hall–Kier alpha value is -0.530. The number of carbonyl (C=O) groups is 1. The maximum Gasteiger partial charge on any atom is 0.306 e. The Morgan fingerprint density at radius 3 is 2.58 bits per heavy atom. The minimum Gasteiger partial charge on any atom is -0.481 e. The number of alkyl halides is 1. The molecule has 1 aromatic heterocycles. The lowest BCUT2D eigenvalue weighted by Gasteiger charge is -2.36. The molecule has 2 rings (SSSR count). The largest absolute Gasteiger partial charge is 0.481 e. The number of carboxylic acid groups (broad SMARTS) is 1. The van der Waals surface area contributed by atoms with E-state index in [9.17, 15) is 14.3 Å². The Kier molecular flexibility index (Phi) is 4.58. The van der Waals surface area contributed by atoms with Gasteiger partial charge in [0.05, 0.1) is 15.9 Å². The van der Waals surface area contributed by atoms with Crippen molar-refractivity contribution in [2.75, 3.05) is 6.67 Å². The smallest absolute Gasteiger partial charge is 0.306 e. The highest BCUT2D eigenvalue weighted by Gasteiger charge is 2.43. The van der Waals surface area contributed by atoms with Gasteiger partial charge >= 0.3 is 5.97 Å². The van der Waals surface area contributed by atoms with Gasteiger partial charge in [-0.15, -0.1) is 11.3 Å². The molecule has 1 saturated carbocycles. The van der Waals surface area contributed by atoms with Crippen molar-refractivity contribution in [3.63, 3.8) is 0 Å². The summed E-state index contributed by atoms with van der Waals surface area (Å²) in [4.78, 5) is 15.0. The van der Waals surface area contributed by atoms with Crippen LogP contribution in [0.4, 0.5) is 4.39 Å². The number of halogens is 2. The Balaban J connectivity index is 2.13. The first-order chi connectivity index (χ1) is 8.97. The zero-order valence-electron chi connectivity index (χ0n) is 10.2. The molecule has 7 heteroatoms. The van der Waals surface area contributed by atoms with Crippen LogP contribution in [-0.4, -0.2) is 27.8 Å². The van der Waals surface area contributed by atoms with Crippen LogP contribution in [0.15, 0.2) is 9.98 Å². The third-order valence-electron chi connectivity index (χ3n) is 3.80. The molecular weight excluding hydrogens is 337 g/mol. The summed E-state index contributed by atoms with van der Waals surface area (Å²) in [5.41, 5.74) is -1.58. The molecule has 0 amide bonds. The van der Waals surface area contributed by atoms with Gasteiger partial charge in [0.2, 0.25) is 0 Å². The Labute approximate surface area is 122 Å². The Morgan fingerprint density at radius 1 is 1.53 bits per heavy atom. The second-order valence-electron chi connectivity index (χ2n) is 4.91. The lowest BCUT2D eigenvalue weighted by atomic mass is 9.74. The maximum absolute atomic E-state index is 13.4. The first-order valence-corrected chi connectivity index (χ1v) is 7.71. The molecule has 106 valence electrons. The highest BCUT2D eigenvalue weighted by molar-refractivity contribution is 9.11. The zero-order valence-corrected chi connectivity index (χ0v) is 12.6. The fourth-order valence-electron chi connectivity index (χ4n) is 2.61. The molecule has 0 aliphatic heterocycles. The lowest BCUT2D eigenvalue weighted by molar-refractivity contribution is -0.144. The molecule has 1 unspecified atom stereocenters. The van der Waals surface area contributed by atoms with Gasteiger partial charge in [-0.2, -0.15) is 0 Å². The predicted octanol–water partition coefficient (Wildman–Crippen LogP) is 2.95. The summed E-state index contributed by atoms with van der Waals surface area (Å²) in [7, 11) is 0. The fourth-order valence-corrected chi connectivity index (χ4v) is 3.97. The molecule has 0 spiro atoms. The predicted molar refractivity (Wildman–Crippen MR) is 72.8 cm³/mol. The monoisotopic (exact) mass is 351 g/mol. The van der Waals surface area contributed by atoms with Gasteiger partial charge in [0.15, 0.2) is 0 Å². The van der Waals surface area contributed by atoms with E-state index in [0.29, 0.717) is 30.7 Å². The average molecular weight is 352 g/mol. The van der Waals surface area contributed by atoms with Gasteiger partial charge in [-0.1, -0.05) is 0 Å². The van der Waals surface area contributed by atoms with E-state index >= 15 is 0 Å². The van der Waals surface area contributed by atoms with Crippen molar-refractivity contribution in [3.8, 4) is 0 Å². The SMILES string of the molecule is O=C(O)C1CCC(C(O)(CF)c2ncc(Br)s2)CC1. The molecule has 1 aliphatic rings. The minimum atomic E-state index is -1.58. The number of aromatic nitrogens is 1. The van der Waals surface area contributed by atoms with E-state index in [0.717, 1.165) is 3.79 Å². The molecule has 1 fully saturated rings. The van der Waals surface area contributed by atoms with Gasteiger partial charge in [-0.25, -0.2) is 9.37 Å². The van der Waals surface area contributed by atoms with Crippen LogP contribution in [0.5, 0.6) is 0 Å². The third kappa shape index (κ3) is 2.98. The van der Waals surface area contributed by atoms with Crippen LogP contribution in [0.1, 0.15) is 30.7 Å². The number of carboxylic acids is 1. The van der Waals surface area contributed by atoms with Crippen molar-refractivity contribution in [3.05, 3.63) is 15.0 Å². The number of hydrogen-bond acceptors (Lipinski definition) is 4. The molecule has 1 atom stereocenters. The second kappa shape index (κ2) is 5.85. The van der Waals surface area contributed by atoms with Gasteiger partial charge in [0, 0.05) is 0 Å². The quantitative estimate of drug-likeness (QED) is 0.874. The first kappa shape index (κ1) is 14.9. The van der Waals surface area contributed by atoms with E-state index in [-0.39, 0.29) is 11.8 Å². The summed E-state index contributed by atoms with van der Waals surface area (Å²) in [6.45, 7) is -0.893. The lowest BCUT2D eigenvalue weighted by Crippen LogP contribution is -2.40. The molecule has 19 heavy (non-hydrogen) atoms. The minimum absolute atomic E-state index is 0.272. The highest BCUT2D eigenvalue weighted by atomic mass is 79.9. The Bertz CT molecular complexity index is 462. The van der Waals surface area contributed by atoms with E-state index in [1.807, 2.05) is 0 Å². The fraction of sp³-hybridized carbons (Fsp3) is 0.667. The molecule has 1 heterocycles. The van der Waals surface area contributed by atoms with Crippen molar-refractivity contribution in [2.45, 2.75) is 31.3 Å². The number of aliphatic hydroxyl groups is 1. The topological polar surface area (TPSA) is 70.4 Å². The summed E-state index contributed by atoms with van der Waals surface area (Å²) in [6.07, 6.45) is 3.52. The maximum atomic E-state index is 13.4. The van der Waals surface area contributed by atoms with Crippen LogP contribution in [0.25, 0.3) is 0 Å². The van der Waals surface area contributed by atoms with Crippen molar-refractivity contribution in [1.82, 2.24) is 4.98 Å². The number of thiazole rings is 1. The Morgan fingerprint density at radius 2 is 2.16 bits per heavy atom. The highest BCUT2D eigenvalue weighted by Crippen LogP contribution is 2.43. The van der Waals surface area contributed by atoms with Crippen molar-refractivity contribution < 1.29 is 19.4 Å². The molecule has 1 aliphatic carbocycles. The zero-order chi connectivity index (χ0) is 14.0. The molecule has 0 bridgehead atoms. The van der Waals surface area contributed by atoms with Gasteiger partial charge < -0.3 is 10.2 Å². The molecule has 0 aromatic carbocycles. The second-order valence-corrected chi connectivity index (χ2v) is 7.32. The van der Waals surface area contributed by atoms with E-state index in [1.165, 1.54) is 11.3 Å². The molecule has 2 N–H and O–H groups in total. The van der Waals surface area contributed by atoms with E-state index in [4.69, 9.17) is 5.11 Å². The van der Waals surface area contributed by atoms with Gasteiger partial charge in [-0.3, -0.25) is 4.79 Å². The van der Waals surface area contributed by atoms with Crippen LogP contribution >= 0.6 is 27.3 Å². The van der Waals surface area contributed by atoms with Crippen LogP contribution in [0.2, 0.25) is 0 Å². The first-order valence-electron chi connectivity index (χ1n) is 6.10. The van der Waals surface area contributed by atoms with Crippen molar-refractivity contribution in [1.29, 1.82) is 0 Å². The van der Waals surface area contributed by atoms with E-state index < -0.39 is 18.2 Å². The molecule has 0 radical (unpaired) electrons. The van der Waals surface area contributed by atoms with Crippen molar-refractivity contribution >= 4 is 33.2 Å². The third-order valence-corrected chi connectivity index (χ3v) is 5.45. The van der Waals surface area contributed by atoms with Crippen LogP contribution in [0.3, 0.4) is 0 Å². The summed E-state index contributed by atoms with van der Waals surface area (Å²) in [5.74, 6) is -1.45. The van der Waals surface area contributed by atoms with Gasteiger partial charge in [0.25, 0.3) is 0 Å². The van der Waals surface area contributed by atoms with Crippen LogP contribution in [-0.2, 0) is 10.4 Å². The molecule has 1 aromatic rings. The van der Waals surface area contributed by atoms with Crippen molar-refractivity contribution in [2.24, 2.45) is 11.8 Å². The van der Waals surface area contributed by atoms with Crippen LogP contribution in [0, 0.1) is 11.8 Å². The molecule has 4 nitrogen and oxygen atoms in total. The van der Waals surface area contributed by atoms with Gasteiger partial charge in [0.1, 0.15) is 17.3 Å². The summed E-state index contributed by atoms with van der Waals surface area (Å²) < 4.78 is 14.1. The van der Waals surface area contributed by atoms with Gasteiger partial charge in [-0.05, 0) is 47.5 Å². The normalized spacial score (nSPS) is 26.9. The number of nitrogens with zero attached hydrogens (tertiary/aromatic N) is 1. The molecular formula is C12H15BrFNO3S. The van der Waals surface area contributed by atoms with Crippen LogP contribution < -0.4 is 0 Å². The standard InChI is InChI=1S/C12H15BrFNO3S/c13-9-5-15-11(19-9)12(18,6-14)8-3-1-7(2-4-8)10(16)17/h5,7-8,18H,1-4,6H2,(H,16,17). The summed E-state index contributed by atoms with van der Waals surface area (Å²) in [5, 5.41) is 19.9. The summed E-state index contributed by atoms with van der Waals surface area (Å²) in [6, 6.07) is 0. The average Bonchev–Trinajstić information content (AvgIpc) is 2.85.